The monoisotopic (exact) mass is 339 g/mol. The topological polar surface area (TPSA) is 39.7 Å². The highest BCUT2D eigenvalue weighted by molar-refractivity contribution is 5.24. The Balaban J connectivity index is 0. The minimum Gasteiger partial charge on any atom is -0.495 e. The SMILES string of the molecule is C/C=C(NC)\C(=C/C)OC.C1=C2OCCOC2=CCC1.CC.CC. The lowest BCUT2D eigenvalue weighted by Gasteiger charge is -2.22. The third-order valence-electron chi connectivity index (χ3n) is 2.97. The van der Waals surface area contributed by atoms with Crippen molar-refractivity contribution >= 4 is 0 Å². The van der Waals surface area contributed by atoms with Gasteiger partial charge in [0.05, 0.1) is 12.8 Å². The molecule has 0 spiro atoms. The van der Waals surface area contributed by atoms with Gasteiger partial charge in [-0.2, -0.15) is 0 Å². The second-order valence-electron chi connectivity index (χ2n) is 4.22. The third kappa shape index (κ3) is 9.33. The number of nitrogens with one attached hydrogen (secondary N) is 1. The van der Waals surface area contributed by atoms with Crippen LogP contribution in [-0.4, -0.2) is 27.4 Å². The van der Waals surface area contributed by atoms with Gasteiger partial charge in [-0.1, -0.05) is 33.8 Å². The van der Waals surface area contributed by atoms with E-state index in [0.29, 0.717) is 13.2 Å². The molecule has 24 heavy (non-hydrogen) atoms. The highest BCUT2D eigenvalue weighted by Gasteiger charge is 2.15. The molecule has 0 aromatic heterocycles. The molecule has 2 rings (SSSR count). The predicted octanol–water partition coefficient (Wildman–Crippen LogP) is 5.31. The Labute approximate surface area is 149 Å². The van der Waals surface area contributed by atoms with Crippen molar-refractivity contribution in [1.29, 1.82) is 0 Å². The number of hydrogen-bond donors (Lipinski definition) is 1. The summed E-state index contributed by atoms with van der Waals surface area (Å²) in [6, 6.07) is 0. The van der Waals surface area contributed by atoms with Gasteiger partial charge in [-0.25, -0.2) is 0 Å². The number of methoxy groups -OCH3 is 1. The van der Waals surface area contributed by atoms with Crippen molar-refractivity contribution < 1.29 is 14.2 Å². The summed E-state index contributed by atoms with van der Waals surface area (Å²) in [5.41, 5.74) is 1.02. The summed E-state index contributed by atoms with van der Waals surface area (Å²) >= 11 is 0. The number of hydrogen-bond acceptors (Lipinski definition) is 4. The van der Waals surface area contributed by atoms with E-state index in [4.69, 9.17) is 14.2 Å². The maximum atomic E-state index is 5.35. The number of likely N-dealkylation sites (N-methyl/N-ethyl adjacent to an activating group) is 1. The van der Waals surface area contributed by atoms with Crippen LogP contribution in [0, 0.1) is 0 Å². The molecule has 1 heterocycles. The predicted molar refractivity (Wildman–Crippen MR) is 104 cm³/mol. The van der Waals surface area contributed by atoms with Crippen LogP contribution in [0.1, 0.15) is 54.4 Å². The van der Waals surface area contributed by atoms with Crippen molar-refractivity contribution in [3.63, 3.8) is 0 Å². The van der Waals surface area contributed by atoms with Crippen molar-refractivity contribution in [2.45, 2.75) is 54.4 Å². The Kier molecular flexibility index (Phi) is 17.8. The lowest BCUT2D eigenvalue weighted by Crippen LogP contribution is -2.15. The van der Waals surface area contributed by atoms with E-state index >= 15 is 0 Å². The standard InChI is InChI=1S/C8H15NO.C8H10O2.2C2H6/c1-5-7(9-3)8(6-2)10-4;1-2-4-8-7(3-1)9-5-6-10-8;2*1-2/h5-6,9H,1-4H3;3-4H,1-2,5-6H2;2*1-2H3/b7-5+,8-6+;;;. The fourth-order valence-corrected chi connectivity index (χ4v) is 1.99. The molecule has 0 aromatic rings. The maximum absolute atomic E-state index is 5.35. The van der Waals surface area contributed by atoms with Gasteiger partial charge in [0.2, 0.25) is 0 Å². The van der Waals surface area contributed by atoms with E-state index < -0.39 is 0 Å². The van der Waals surface area contributed by atoms with E-state index in [0.717, 1.165) is 35.8 Å². The minimum absolute atomic E-state index is 0.698. The summed E-state index contributed by atoms with van der Waals surface area (Å²) in [6.45, 7) is 13.3. The summed E-state index contributed by atoms with van der Waals surface area (Å²) in [4.78, 5) is 0. The van der Waals surface area contributed by atoms with Gasteiger partial charge in [-0.15, -0.1) is 0 Å². The summed E-state index contributed by atoms with van der Waals surface area (Å²) in [5, 5.41) is 3.02. The largest absolute Gasteiger partial charge is 0.495 e. The smallest absolute Gasteiger partial charge is 0.157 e. The van der Waals surface area contributed by atoms with Crippen molar-refractivity contribution in [1.82, 2.24) is 5.32 Å². The molecule has 1 saturated heterocycles. The molecule has 0 saturated carbocycles. The first-order chi connectivity index (χ1) is 11.8. The first-order valence-electron chi connectivity index (χ1n) is 8.97. The summed E-state index contributed by atoms with van der Waals surface area (Å²) in [6.07, 6.45) is 10.2. The molecule has 140 valence electrons. The van der Waals surface area contributed by atoms with E-state index in [1.165, 1.54) is 0 Å². The molecular weight excluding hydrogens is 302 g/mol. The minimum atomic E-state index is 0.698. The number of ether oxygens (including phenoxy) is 3. The zero-order valence-electron chi connectivity index (χ0n) is 16.9. The van der Waals surface area contributed by atoms with E-state index in [1.54, 1.807) is 7.11 Å². The van der Waals surface area contributed by atoms with Gasteiger partial charge in [0, 0.05) is 7.05 Å². The average molecular weight is 340 g/mol. The summed E-state index contributed by atoms with van der Waals surface area (Å²) in [7, 11) is 3.54. The van der Waals surface area contributed by atoms with Crippen LogP contribution in [0.4, 0.5) is 0 Å². The maximum Gasteiger partial charge on any atom is 0.157 e. The van der Waals surface area contributed by atoms with E-state index in [1.807, 2.05) is 60.7 Å². The lowest BCUT2D eigenvalue weighted by molar-refractivity contribution is 0.0570. The van der Waals surface area contributed by atoms with Crippen LogP contribution in [0.3, 0.4) is 0 Å². The molecule has 0 unspecified atom stereocenters. The normalized spacial score (nSPS) is 15.7. The van der Waals surface area contributed by atoms with Gasteiger partial charge in [0.15, 0.2) is 11.5 Å². The van der Waals surface area contributed by atoms with Gasteiger partial charge in [-0.3, -0.25) is 0 Å². The average Bonchev–Trinajstić information content (AvgIpc) is 2.69. The zero-order chi connectivity index (χ0) is 18.8. The number of fused-ring (bicyclic) bond motifs is 1. The Morgan fingerprint density at radius 2 is 1.42 bits per heavy atom. The van der Waals surface area contributed by atoms with E-state index in [2.05, 4.69) is 17.5 Å². The Morgan fingerprint density at radius 1 is 0.958 bits per heavy atom. The van der Waals surface area contributed by atoms with E-state index in [9.17, 15) is 0 Å². The molecule has 1 fully saturated rings. The first kappa shape index (κ1) is 24.4. The quantitative estimate of drug-likeness (QED) is 0.559. The molecule has 2 aliphatic rings. The molecule has 0 bridgehead atoms. The molecular formula is C20H37NO3. The van der Waals surface area contributed by atoms with Crippen LogP contribution in [0.2, 0.25) is 0 Å². The molecule has 0 radical (unpaired) electrons. The molecule has 0 amide bonds. The van der Waals surface area contributed by atoms with Gasteiger partial charge < -0.3 is 19.5 Å². The number of rotatable bonds is 3. The first-order valence-corrected chi connectivity index (χ1v) is 8.97. The number of allylic oxidation sites excluding steroid dienone is 4. The second kappa shape index (κ2) is 17.5. The van der Waals surface area contributed by atoms with E-state index in [-0.39, 0.29) is 0 Å². The van der Waals surface area contributed by atoms with Crippen LogP contribution >= 0.6 is 0 Å². The molecule has 0 aromatic carbocycles. The molecule has 0 atom stereocenters. The highest BCUT2D eigenvalue weighted by atomic mass is 16.6. The molecule has 1 aliphatic carbocycles. The van der Waals surface area contributed by atoms with Crippen molar-refractivity contribution in [2.75, 3.05) is 27.4 Å². The molecule has 4 heteroatoms. The van der Waals surface area contributed by atoms with Crippen LogP contribution in [0.15, 0.2) is 47.3 Å². The highest BCUT2D eigenvalue weighted by Crippen LogP contribution is 2.23. The van der Waals surface area contributed by atoms with Crippen LogP contribution in [-0.2, 0) is 14.2 Å². The van der Waals surface area contributed by atoms with Gasteiger partial charge in [0.25, 0.3) is 0 Å². The Hall–Kier alpha value is -1.84. The van der Waals surface area contributed by atoms with Gasteiger partial charge in [-0.05, 0) is 44.9 Å². The summed E-state index contributed by atoms with van der Waals surface area (Å²) in [5.74, 6) is 2.76. The lowest BCUT2D eigenvalue weighted by atomic mass is 10.1. The molecule has 1 aliphatic heterocycles. The summed E-state index contributed by atoms with van der Waals surface area (Å²) < 4.78 is 15.8. The van der Waals surface area contributed by atoms with Crippen molar-refractivity contribution in [3.8, 4) is 0 Å². The van der Waals surface area contributed by atoms with Gasteiger partial charge in [0.1, 0.15) is 19.0 Å². The zero-order valence-corrected chi connectivity index (χ0v) is 16.9. The fraction of sp³-hybridized carbons (Fsp3) is 0.600. The second-order valence-corrected chi connectivity index (χ2v) is 4.22. The Morgan fingerprint density at radius 3 is 1.67 bits per heavy atom. The van der Waals surface area contributed by atoms with Crippen LogP contribution in [0.25, 0.3) is 0 Å². The third-order valence-corrected chi connectivity index (χ3v) is 2.97. The van der Waals surface area contributed by atoms with Gasteiger partial charge >= 0.3 is 0 Å². The van der Waals surface area contributed by atoms with Crippen LogP contribution in [0.5, 0.6) is 0 Å². The molecule has 4 nitrogen and oxygen atoms in total. The van der Waals surface area contributed by atoms with Crippen molar-refractivity contribution in [2.24, 2.45) is 0 Å². The van der Waals surface area contributed by atoms with Crippen molar-refractivity contribution in [3.05, 3.63) is 47.3 Å². The molecule has 1 N–H and O–H groups in total. The Bertz CT molecular complexity index is 381. The van der Waals surface area contributed by atoms with Crippen LogP contribution < -0.4 is 5.32 Å². The fourth-order valence-electron chi connectivity index (χ4n) is 1.99.